The summed E-state index contributed by atoms with van der Waals surface area (Å²) >= 11 is 0. The average molecular weight is 331 g/mol. The van der Waals surface area contributed by atoms with Gasteiger partial charge in [-0.25, -0.2) is 0 Å². The van der Waals surface area contributed by atoms with Crippen LogP contribution in [0, 0.1) is 0 Å². The summed E-state index contributed by atoms with van der Waals surface area (Å²) in [6.45, 7) is 4.65. The normalized spacial score (nSPS) is 18.2. The molecule has 1 N–H and O–H groups in total. The van der Waals surface area contributed by atoms with E-state index in [9.17, 15) is 9.59 Å². The molecule has 1 aromatic carbocycles. The molecule has 0 radical (unpaired) electrons. The van der Waals surface area contributed by atoms with E-state index in [0.717, 1.165) is 37.9 Å². The van der Waals surface area contributed by atoms with Crippen molar-refractivity contribution in [1.82, 2.24) is 15.1 Å². The van der Waals surface area contributed by atoms with E-state index in [1.54, 1.807) is 19.0 Å². The number of rotatable bonds is 6. The lowest BCUT2D eigenvalue weighted by molar-refractivity contribution is -0.127. The van der Waals surface area contributed by atoms with Gasteiger partial charge in [0.05, 0.1) is 6.04 Å². The number of carbonyl (C=O) groups is 2. The number of nitrogens with one attached hydrogen (secondary N) is 1. The smallest absolute Gasteiger partial charge is 0.253 e. The highest BCUT2D eigenvalue weighted by molar-refractivity contribution is 5.94. The molecular weight excluding hydrogens is 302 g/mol. The highest BCUT2D eigenvalue weighted by atomic mass is 16.2. The Bertz CT molecular complexity index is 571. The summed E-state index contributed by atoms with van der Waals surface area (Å²) in [4.78, 5) is 28.2. The van der Waals surface area contributed by atoms with E-state index in [-0.39, 0.29) is 17.9 Å². The second kappa shape index (κ2) is 8.83. The molecule has 0 spiro atoms. The van der Waals surface area contributed by atoms with Crippen molar-refractivity contribution in [1.29, 1.82) is 0 Å². The third-order valence-corrected chi connectivity index (χ3v) is 4.62. The molecule has 1 unspecified atom stereocenters. The molecule has 5 nitrogen and oxygen atoms in total. The van der Waals surface area contributed by atoms with Gasteiger partial charge in [0.2, 0.25) is 5.91 Å². The highest BCUT2D eigenvalue weighted by Crippen LogP contribution is 2.16. The lowest BCUT2D eigenvalue weighted by Crippen LogP contribution is -2.49. The minimum atomic E-state index is 0.00155. The first-order valence-corrected chi connectivity index (χ1v) is 8.85. The van der Waals surface area contributed by atoms with E-state index in [4.69, 9.17) is 0 Å². The fourth-order valence-corrected chi connectivity index (χ4v) is 3.23. The van der Waals surface area contributed by atoms with E-state index in [1.165, 1.54) is 6.42 Å². The van der Waals surface area contributed by atoms with Gasteiger partial charge in [-0.05, 0) is 50.0 Å². The van der Waals surface area contributed by atoms with Crippen LogP contribution < -0.4 is 5.32 Å². The zero-order valence-electron chi connectivity index (χ0n) is 15.0. The predicted octanol–water partition coefficient (Wildman–Crippen LogP) is 1.92. The quantitative estimate of drug-likeness (QED) is 0.866. The van der Waals surface area contributed by atoms with Crippen molar-refractivity contribution in [3.05, 3.63) is 35.4 Å². The zero-order valence-corrected chi connectivity index (χ0v) is 15.0. The van der Waals surface area contributed by atoms with Crippen LogP contribution in [-0.4, -0.2) is 61.4 Å². The summed E-state index contributed by atoms with van der Waals surface area (Å²) in [7, 11) is 3.50. The predicted molar refractivity (Wildman–Crippen MR) is 96.1 cm³/mol. The lowest BCUT2D eigenvalue weighted by Gasteiger charge is -2.33. The molecule has 0 aromatic heterocycles. The van der Waals surface area contributed by atoms with Crippen LogP contribution in [0.15, 0.2) is 24.3 Å². The molecule has 1 aliphatic heterocycles. The number of piperidine rings is 1. The zero-order chi connectivity index (χ0) is 17.5. The van der Waals surface area contributed by atoms with Gasteiger partial charge in [-0.3, -0.25) is 14.5 Å². The molecule has 1 heterocycles. The van der Waals surface area contributed by atoms with Crippen molar-refractivity contribution in [2.45, 2.75) is 38.6 Å². The molecule has 2 amide bonds. The van der Waals surface area contributed by atoms with Gasteiger partial charge in [0.25, 0.3) is 5.91 Å². The van der Waals surface area contributed by atoms with Gasteiger partial charge >= 0.3 is 0 Å². The van der Waals surface area contributed by atoms with Crippen LogP contribution in [-0.2, 0) is 11.2 Å². The minimum absolute atomic E-state index is 0.00155. The van der Waals surface area contributed by atoms with Crippen molar-refractivity contribution < 1.29 is 9.59 Å². The number of likely N-dealkylation sites (tertiary alicyclic amines) is 1. The number of likely N-dealkylation sites (N-methyl/N-ethyl adjacent to an activating group) is 1. The molecule has 24 heavy (non-hydrogen) atoms. The molecule has 0 aliphatic carbocycles. The second-order valence-electron chi connectivity index (χ2n) is 6.58. The number of hydrogen-bond donors (Lipinski definition) is 1. The molecule has 1 aromatic rings. The first-order valence-electron chi connectivity index (χ1n) is 8.85. The summed E-state index contributed by atoms with van der Waals surface area (Å²) in [6, 6.07) is 7.65. The van der Waals surface area contributed by atoms with Crippen LogP contribution in [0.25, 0.3) is 0 Å². The van der Waals surface area contributed by atoms with Crippen LogP contribution in [0.4, 0.5) is 0 Å². The Balaban J connectivity index is 1.86. The number of carbonyl (C=O) groups excluding carboxylic acids is 2. The minimum Gasteiger partial charge on any atom is -0.354 e. The van der Waals surface area contributed by atoms with Gasteiger partial charge in [0.1, 0.15) is 0 Å². The average Bonchev–Trinajstić information content (AvgIpc) is 2.61. The molecule has 132 valence electrons. The maximum Gasteiger partial charge on any atom is 0.253 e. The molecule has 1 atom stereocenters. The van der Waals surface area contributed by atoms with E-state index < -0.39 is 0 Å². The summed E-state index contributed by atoms with van der Waals surface area (Å²) in [6.07, 6.45) is 4.00. The van der Waals surface area contributed by atoms with E-state index >= 15 is 0 Å². The highest BCUT2D eigenvalue weighted by Gasteiger charge is 2.26. The van der Waals surface area contributed by atoms with Gasteiger partial charge in [-0.1, -0.05) is 25.5 Å². The Labute approximate surface area is 145 Å². The van der Waals surface area contributed by atoms with Crippen LogP contribution in [0.1, 0.15) is 42.1 Å². The van der Waals surface area contributed by atoms with Crippen LogP contribution in [0.2, 0.25) is 0 Å². The fraction of sp³-hybridized carbons (Fsp3) is 0.579. The Morgan fingerprint density at radius 3 is 2.79 bits per heavy atom. The number of benzene rings is 1. The molecule has 2 rings (SSSR count). The molecule has 0 saturated carbocycles. The van der Waals surface area contributed by atoms with E-state index in [0.29, 0.717) is 12.1 Å². The standard InChI is InChI=1S/C19H29N3O2/c1-4-22-13-6-5-10-17(22)18(23)20-12-11-15-8-7-9-16(14-15)19(24)21(2)3/h7-9,14,17H,4-6,10-13H2,1-3H3,(H,20,23). The van der Waals surface area contributed by atoms with Gasteiger partial charge in [-0.2, -0.15) is 0 Å². The maximum atomic E-state index is 12.4. The van der Waals surface area contributed by atoms with Gasteiger partial charge < -0.3 is 10.2 Å². The third kappa shape index (κ3) is 4.81. The summed E-state index contributed by atoms with van der Waals surface area (Å²) < 4.78 is 0. The molecule has 1 saturated heterocycles. The van der Waals surface area contributed by atoms with Gasteiger partial charge in [-0.15, -0.1) is 0 Å². The number of hydrogen-bond acceptors (Lipinski definition) is 3. The molecular formula is C19H29N3O2. The molecule has 1 fully saturated rings. The monoisotopic (exact) mass is 331 g/mol. The van der Waals surface area contributed by atoms with E-state index in [2.05, 4.69) is 17.1 Å². The van der Waals surface area contributed by atoms with Crippen LogP contribution in [0.3, 0.4) is 0 Å². The lowest BCUT2D eigenvalue weighted by atomic mass is 10.0. The first-order chi connectivity index (χ1) is 11.5. The fourth-order valence-electron chi connectivity index (χ4n) is 3.23. The maximum absolute atomic E-state index is 12.4. The second-order valence-corrected chi connectivity index (χ2v) is 6.58. The van der Waals surface area contributed by atoms with Crippen molar-refractivity contribution in [2.24, 2.45) is 0 Å². The SMILES string of the molecule is CCN1CCCCC1C(=O)NCCc1cccc(C(=O)N(C)C)c1. The molecule has 5 heteroatoms. The number of nitrogens with zero attached hydrogens (tertiary/aromatic N) is 2. The van der Waals surface area contributed by atoms with Gasteiger partial charge in [0, 0.05) is 26.2 Å². The summed E-state index contributed by atoms with van der Waals surface area (Å²) in [5.74, 6) is 0.138. The molecule has 0 bridgehead atoms. The van der Waals surface area contributed by atoms with Crippen molar-refractivity contribution >= 4 is 11.8 Å². The van der Waals surface area contributed by atoms with Crippen LogP contribution in [0.5, 0.6) is 0 Å². The van der Waals surface area contributed by atoms with E-state index in [1.807, 2.05) is 24.3 Å². The van der Waals surface area contributed by atoms with Crippen molar-refractivity contribution in [3.8, 4) is 0 Å². The van der Waals surface area contributed by atoms with Crippen molar-refractivity contribution in [2.75, 3.05) is 33.7 Å². The Hall–Kier alpha value is -1.88. The van der Waals surface area contributed by atoms with Gasteiger partial charge in [0.15, 0.2) is 0 Å². The largest absolute Gasteiger partial charge is 0.354 e. The number of amides is 2. The summed E-state index contributed by atoms with van der Waals surface area (Å²) in [5, 5.41) is 3.06. The Morgan fingerprint density at radius 2 is 2.08 bits per heavy atom. The topological polar surface area (TPSA) is 52.7 Å². The molecule has 1 aliphatic rings. The Kier molecular flexibility index (Phi) is 6.79. The Morgan fingerprint density at radius 1 is 1.29 bits per heavy atom. The van der Waals surface area contributed by atoms with Crippen LogP contribution >= 0.6 is 0 Å². The van der Waals surface area contributed by atoms with Crippen molar-refractivity contribution in [3.63, 3.8) is 0 Å². The third-order valence-electron chi connectivity index (χ3n) is 4.62. The first kappa shape index (κ1) is 18.5. The summed E-state index contributed by atoms with van der Waals surface area (Å²) in [5.41, 5.74) is 1.76.